The van der Waals surface area contributed by atoms with Gasteiger partial charge in [0.2, 0.25) is 11.7 Å². The maximum Gasteiger partial charge on any atom is 0.451 e. The molecule has 1 unspecified atom stereocenters. The molecule has 218 valence electrons. The zero-order valence-corrected chi connectivity index (χ0v) is 22.5. The molecule has 1 aromatic heterocycles. The van der Waals surface area contributed by atoms with Crippen LogP contribution in [0.5, 0.6) is 5.75 Å². The number of anilines is 1. The second-order valence-corrected chi connectivity index (χ2v) is 10.2. The van der Waals surface area contributed by atoms with E-state index in [9.17, 15) is 22.8 Å². The Morgan fingerprint density at radius 3 is 2.69 bits per heavy atom. The zero-order valence-electron chi connectivity index (χ0n) is 22.5. The molecular formula is C27H26F3N9O3. The van der Waals surface area contributed by atoms with Crippen LogP contribution >= 0.6 is 0 Å². The van der Waals surface area contributed by atoms with Crippen LogP contribution < -0.4 is 15.0 Å². The first-order chi connectivity index (χ1) is 20.2. The van der Waals surface area contributed by atoms with Crippen LogP contribution in [-0.2, 0) is 41.8 Å². The second-order valence-electron chi connectivity index (χ2n) is 10.2. The number of amidine groups is 1. The van der Waals surface area contributed by atoms with Gasteiger partial charge in [-0.3, -0.25) is 14.5 Å². The molecule has 3 aromatic rings. The molecule has 3 aliphatic rings. The standard InChI is InChI=1S/C27H26F3N9O3/c1-37-19-11-17(13-38-9-10-39-22(14-38)34-36-26(39)27(28,29)30)7-8-20(19)42-15-18(25(37)41)31-24(40)23-32-21(33-35-23)12-16-5-3-2-4-6-16/h2-8,11,18,21H,9-10,12-15H2,1H3,(H,31,40)/t18-,21?/m1/s1. The lowest BCUT2D eigenvalue weighted by atomic mass is 10.1. The molecule has 0 spiro atoms. The van der Waals surface area contributed by atoms with Gasteiger partial charge in [-0.05, 0) is 23.3 Å². The van der Waals surface area contributed by atoms with Gasteiger partial charge in [-0.2, -0.15) is 18.3 Å². The Labute approximate surface area is 237 Å². The SMILES string of the molecule is CN1C(=O)[C@H](NC(=O)C2=NC(Cc3ccccc3)N=N2)COc2ccc(CN3CCn4c(nnc4C(F)(F)F)C3)cc21. The summed E-state index contributed by atoms with van der Waals surface area (Å²) in [5.74, 6) is -1.40. The molecule has 1 N–H and O–H groups in total. The minimum Gasteiger partial charge on any atom is -0.489 e. The number of ether oxygens (including phenoxy) is 1. The highest BCUT2D eigenvalue weighted by Crippen LogP contribution is 2.33. The number of hydrogen-bond donors (Lipinski definition) is 1. The van der Waals surface area contributed by atoms with Gasteiger partial charge >= 0.3 is 6.18 Å². The van der Waals surface area contributed by atoms with E-state index >= 15 is 0 Å². The van der Waals surface area contributed by atoms with Crippen LogP contribution in [0.3, 0.4) is 0 Å². The molecule has 0 fully saturated rings. The van der Waals surface area contributed by atoms with E-state index in [0.29, 0.717) is 30.9 Å². The summed E-state index contributed by atoms with van der Waals surface area (Å²) in [6.45, 7) is 1.01. The molecule has 42 heavy (non-hydrogen) atoms. The van der Waals surface area contributed by atoms with E-state index in [0.717, 1.165) is 15.7 Å². The summed E-state index contributed by atoms with van der Waals surface area (Å²) in [6, 6.07) is 14.0. The monoisotopic (exact) mass is 581 g/mol. The number of amides is 2. The Balaban J connectivity index is 1.09. The number of benzene rings is 2. The molecule has 2 aromatic carbocycles. The predicted molar refractivity (Wildman–Crippen MR) is 143 cm³/mol. The van der Waals surface area contributed by atoms with Crippen molar-refractivity contribution >= 4 is 23.3 Å². The molecule has 0 bridgehead atoms. The third-order valence-electron chi connectivity index (χ3n) is 7.24. The molecule has 4 heterocycles. The Bertz CT molecular complexity index is 1570. The molecule has 0 aliphatic carbocycles. The number of halogens is 3. The first-order valence-electron chi connectivity index (χ1n) is 13.2. The van der Waals surface area contributed by atoms with Crippen LogP contribution in [0.25, 0.3) is 0 Å². The average Bonchev–Trinajstić information content (AvgIpc) is 3.60. The third-order valence-corrected chi connectivity index (χ3v) is 7.24. The third kappa shape index (κ3) is 5.59. The Hall–Kier alpha value is -4.66. The Morgan fingerprint density at radius 2 is 1.90 bits per heavy atom. The van der Waals surface area contributed by atoms with Crippen molar-refractivity contribution in [2.75, 3.05) is 25.1 Å². The summed E-state index contributed by atoms with van der Waals surface area (Å²) in [7, 11) is 1.59. The highest BCUT2D eigenvalue weighted by atomic mass is 19.4. The number of carbonyl (C=O) groups excluding carboxylic acids is 2. The molecule has 2 amide bonds. The molecule has 12 nitrogen and oxygen atoms in total. The van der Waals surface area contributed by atoms with Gasteiger partial charge in [0.15, 0.2) is 6.17 Å². The summed E-state index contributed by atoms with van der Waals surface area (Å²) in [5.41, 5.74) is 2.35. The smallest absolute Gasteiger partial charge is 0.451 e. The molecule has 3 aliphatic heterocycles. The van der Waals surface area contributed by atoms with Crippen molar-refractivity contribution in [2.45, 2.75) is 44.4 Å². The average molecular weight is 582 g/mol. The number of rotatable bonds is 6. The lowest BCUT2D eigenvalue weighted by Crippen LogP contribution is -2.50. The van der Waals surface area contributed by atoms with E-state index in [2.05, 4.69) is 30.7 Å². The van der Waals surface area contributed by atoms with Crippen molar-refractivity contribution in [3.8, 4) is 5.75 Å². The van der Waals surface area contributed by atoms with E-state index in [1.165, 1.54) is 4.90 Å². The number of azo groups is 1. The molecule has 15 heteroatoms. The van der Waals surface area contributed by atoms with Crippen molar-refractivity contribution in [1.29, 1.82) is 0 Å². The summed E-state index contributed by atoms with van der Waals surface area (Å²) in [6.07, 6.45) is -4.57. The molecule has 0 radical (unpaired) electrons. The quantitative estimate of drug-likeness (QED) is 0.477. The van der Waals surface area contributed by atoms with Crippen molar-refractivity contribution < 1.29 is 27.5 Å². The van der Waals surface area contributed by atoms with Crippen LogP contribution in [0.4, 0.5) is 18.9 Å². The first-order valence-corrected chi connectivity index (χ1v) is 13.2. The number of aliphatic imine (C=N–C) groups is 1. The van der Waals surface area contributed by atoms with Crippen molar-refractivity contribution in [1.82, 2.24) is 25.0 Å². The summed E-state index contributed by atoms with van der Waals surface area (Å²) < 4.78 is 46.5. The lowest BCUT2D eigenvalue weighted by molar-refractivity contribution is -0.148. The summed E-state index contributed by atoms with van der Waals surface area (Å²) in [4.78, 5) is 33.8. The molecule has 6 rings (SSSR count). The van der Waals surface area contributed by atoms with Crippen molar-refractivity contribution in [3.05, 3.63) is 71.3 Å². The van der Waals surface area contributed by atoms with Crippen LogP contribution in [0.1, 0.15) is 22.8 Å². The minimum absolute atomic E-state index is 0.0948. The highest BCUT2D eigenvalue weighted by molar-refractivity contribution is 6.38. The van der Waals surface area contributed by atoms with E-state index < -0.39 is 30.1 Å². The maximum absolute atomic E-state index is 13.3. The van der Waals surface area contributed by atoms with E-state index in [-0.39, 0.29) is 37.3 Å². The van der Waals surface area contributed by atoms with E-state index in [1.807, 2.05) is 41.3 Å². The second kappa shape index (κ2) is 11.0. The first kappa shape index (κ1) is 27.5. The number of alkyl halides is 3. The molecule has 0 saturated carbocycles. The molecule has 2 atom stereocenters. The van der Waals surface area contributed by atoms with Gasteiger partial charge in [0.1, 0.15) is 24.2 Å². The minimum atomic E-state index is -4.56. The van der Waals surface area contributed by atoms with Gasteiger partial charge in [-0.15, -0.1) is 15.3 Å². The number of hydrogen-bond acceptors (Lipinski definition) is 9. The number of likely N-dealkylation sites (N-methyl/N-ethyl adjacent to an activating group) is 1. The predicted octanol–water partition coefficient (Wildman–Crippen LogP) is 2.59. The van der Waals surface area contributed by atoms with Gasteiger partial charge in [0.05, 0.1) is 12.2 Å². The number of nitrogens with one attached hydrogen (secondary N) is 1. The summed E-state index contributed by atoms with van der Waals surface area (Å²) >= 11 is 0. The number of aromatic nitrogens is 3. The molecular weight excluding hydrogens is 555 g/mol. The Morgan fingerprint density at radius 1 is 1.10 bits per heavy atom. The zero-order chi connectivity index (χ0) is 29.4. The summed E-state index contributed by atoms with van der Waals surface area (Å²) in [5, 5.41) is 17.7. The van der Waals surface area contributed by atoms with Gasteiger partial charge in [0.25, 0.3) is 11.8 Å². The number of nitrogens with zero attached hydrogens (tertiary/aromatic N) is 8. The normalized spacial score (nSPS) is 20.4. The lowest BCUT2D eigenvalue weighted by Gasteiger charge is -2.28. The van der Waals surface area contributed by atoms with Crippen LogP contribution in [-0.4, -0.2) is 69.7 Å². The van der Waals surface area contributed by atoms with Gasteiger partial charge in [-0.1, -0.05) is 36.4 Å². The highest BCUT2D eigenvalue weighted by Gasteiger charge is 2.39. The topological polar surface area (TPSA) is 130 Å². The van der Waals surface area contributed by atoms with Crippen LogP contribution in [0, 0.1) is 0 Å². The van der Waals surface area contributed by atoms with Crippen LogP contribution in [0.15, 0.2) is 63.8 Å². The van der Waals surface area contributed by atoms with Gasteiger partial charge in [0, 0.05) is 33.1 Å². The maximum atomic E-state index is 13.3. The largest absolute Gasteiger partial charge is 0.489 e. The van der Waals surface area contributed by atoms with Crippen LogP contribution in [0.2, 0.25) is 0 Å². The fraction of sp³-hybridized carbons (Fsp3) is 0.370. The van der Waals surface area contributed by atoms with E-state index in [1.54, 1.807) is 19.2 Å². The van der Waals surface area contributed by atoms with E-state index in [4.69, 9.17) is 4.74 Å². The fourth-order valence-electron chi connectivity index (χ4n) is 5.11. The number of carbonyl (C=O) groups is 2. The Kier molecular flexibility index (Phi) is 7.18. The number of fused-ring (bicyclic) bond motifs is 2. The van der Waals surface area contributed by atoms with Crippen molar-refractivity contribution in [3.63, 3.8) is 0 Å². The molecule has 0 saturated heterocycles. The fourth-order valence-corrected chi connectivity index (χ4v) is 5.11. The van der Waals surface area contributed by atoms with Gasteiger partial charge < -0.3 is 19.5 Å². The van der Waals surface area contributed by atoms with Gasteiger partial charge in [-0.25, -0.2) is 4.99 Å². The van der Waals surface area contributed by atoms with Crippen molar-refractivity contribution in [2.24, 2.45) is 15.2 Å².